The Balaban J connectivity index is 2.39. The summed E-state index contributed by atoms with van der Waals surface area (Å²) < 4.78 is 35.7. The van der Waals surface area contributed by atoms with Gasteiger partial charge in [-0.15, -0.1) is 0 Å². The van der Waals surface area contributed by atoms with Crippen LogP contribution in [0.1, 0.15) is 19.3 Å². The smallest absolute Gasteiger partial charge is 0.171 e. The second kappa shape index (κ2) is 2.81. The quantitative estimate of drug-likeness (QED) is 0.498. The molecule has 0 N–H and O–H groups in total. The maximum atomic E-state index is 11.9. The van der Waals surface area contributed by atoms with Crippen LogP contribution in [0.4, 0.5) is 13.2 Å². The molecule has 0 aromatic rings. The van der Waals surface area contributed by atoms with Crippen molar-refractivity contribution in [1.29, 1.82) is 0 Å². The molecule has 0 bridgehead atoms. The van der Waals surface area contributed by atoms with Gasteiger partial charge in [0.1, 0.15) is 0 Å². The van der Waals surface area contributed by atoms with Gasteiger partial charge in [0.05, 0.1) is 5.92 Å². The Morgan fingerprint density at radius 1 is 1.20 bits per heavy atom. The van der Waals surface area contributed by atoms with Crippen LogP contribution >= 0.6 is 0 Å². The van der Waals surface area contributed by atoms with Crippen LogP contribution in [0.25, 0.3) is 0 Å². The number of hydrogen-bond donors (Lipinski definition) is 0. The molecular weight excluding hydrogens is 141 g/mol. The van der Waals surface area contributed by atoms with Gasteiger partial charge in [-0.25, -0.2) is 0 Å². The van der Waals surface area contributed by atoms with Gasteiger partial charge < -0.3 is 0 Å². The van der Waals surface area contributed by atoms with Gasteiger partial charge in [-0.05, 0) is 32.1 Å². The van der Waals surface area contributed by atoms with Crippen molar-refractivity contribution in [2.45, 2.75) is 25.4 Å². The van der Waals surface area contributed by atoms with Crippen molar-refractivity contribution in [3.63, 3.8) is 0 Å². The first-order valence-corrected chi connectivity index (χ1v) is 3.32. The van der Waals surface area contributed by atoms with E-state index < -0.39 is 12.1 Å². The zero-order valence-electron chi connectivity index (χ0n) is 5.49. The lowest BCUT2D eigenvalue weighted by Gasteiger charge is -2.23. The largest absolute Gasteiger partial charge is 0.392 e. The average molecular weight is 150 g/mol. The Hall–Kier alpha value is -0.210. The lowest BCUT2D eigenvalue weighted by molar-refractivity contribution is -0.167. The van der Waals surface area contributed by atoms with Gasteiger partial charge in [-0.3, -0.25) is 0 Å². The summed E-state index contributed by atoms with van der Waals surface area (Å²) >= 11 is 0. The zero-order chi connectivity index (χ0) is 7.61. The lowest BCUT2D eigenvalue weighted by Crippen LogP contribution is -2.25. The van der Waals surface area contributed by atoms with Crippen molar-refractivity contribution >= 4 is 0 Å². The maximum absolute atomic E-state index is 11.9. The van der Waals surface area contributed by atoms with Crippen molar-refractivity contribution in [3.8, 4) is 0 Å². The molecule has 0 heterocycles. The van der Waals surface area contributed by atoms with Crippen molar-refractivity contribution in [3.05, 3.63) is 12.8 Å². The molecular formula is C7H9F3. The topological polar surface area (TPSA) is 0 Å². The van der Waals surface area contributed by atoms with Gasteiger partial charge in [-0.2, -0.15) is 13.2 Å². The third-order valence-corrected chi connectivity index (χ3v) is 1.66. The minimum absolute atomic E-state index is 0.170. The fourth-order valence-electron chi connectivity index (χ4n) is 1.08. The molecule has 58 valence electrons. The molecule has 1 atom stereocenters. The summed E-state index contributed by atoms with van der Waals surface area (Å²) in [6, 6.07) is 0. The van der Waals surface area contributed by atoms with Crippen LogP contribution in [-0.2, 0) is 0 Å². The summed E-state index contributed by atoms with van der Waals surface area (Å²) in [5.74, 6) is -1.18. The highest BCUT2D eigenvalue weighted by Gasteiger charge is 2.39. The number of hydrogen-bond acceptors (Lipinski definition) is 0. The lowest BCUT2D eigenvalue weighted by atomic mass is 9.89. The summed E-state index contributed by atoms with van der Waals surface area (Å²) in [7, 11) is 0. The third kappa shape index (κ3) is 1.89. The van der Waals surface area contributed by atoms with Gasteiger partial charge in [0.2, 0.25) is 0 Å². The standard InChI is InChI=1S/C7H9F3/c8-7(9,10)6-4-2-1-3-5-6/h2,5-6H,1,3-4H2. The third-order valence-electron chi connectivity index (χ3n) is 1.66. The minimum atomic E-state index is -4.02. The van der Waals surface area contributed by atoms with E-state index in [4.69, 9.17) is 0 Å². The molecule has 1 aliphatic carbocycles. The van der Waals surface area contributed by atoms with Crippen molar-refractivity contribution in [1.82, 2.24) is 0 Å². The van der Waals surface area contributed by atoms with Crippen molar-refractivity contribution in [2.75, 3.05) is 0 Å². The van der Waals surface area contributed by atoms with Gasteiger partial charge in [0.25, 0.3) is 0 Å². The maximum Gasteiger partial charge on any atom is 0.392 e. The first-order valence-electron chi connectivity index (χ1n) is 3.32. The second-order valence-electron chi connectivity index (χ2n) is 2.49. The van der Waals surface area contributed by atoms with E-state index in [1.165, 1.54) is 6.42 Å². The summed E-state index contributed by atoms with van der Waals surface area (Å²) in [4.78, 5) is 0. The second-order valence-corrected chi connectivity index (χ2v) is 2.49. The van der Waals surface area contributed by atoms with Crippen molar-refractivity contribution in [2.24, 2.45) is 5.92 Å². The summed E-state index contributed by atoms with van der Waals surface area (Å²) in [5, 5.41) is 0. The van der Waals surface area contributed by atoms with E-state index in [1.54, 1.807) is 6.42 Å². The molecule has 1 saturated carbocycles. The van der Waals surface area contributed by atoms with Gasteiger partial charge >= 0.3 is 6.18 Å². The van der Waals surface area contributed by atoms with E-state index in [9.17, 15) is 13.2 Å². The molecule has 1 rings (SSSR count). The molecule has 0 saturated heterocycles. The highest BCUT2D eigenvalue weighted by atomic mass is 19.4. The summed E-state index contributed by atoms with van der Waals surface area (Å²) in [6.45, 7) is 0. The van der Waals surface area contributed by atoms with E-state index in [0.29, 0.717) is 6.42 Å². The van der Waals surface area contributed by atoms with Gasteiger partial charge in [-0.1, -0.05) is 0 Å². The van der Waals surface area contributed by atoms with Crippen molar-refractivity contribution < 1.29 is 13.2 Å². The van der Waals surface area contributed by atoms with E-state index >= 15 is 0 Å². The Labute approximate surface area is 58.4 Å². The highest BCUT2D eigenvalue weighted by Crippen LogP contribution is 2.35. The number of alkyl halides is 3. The summed E-state index contributed by atoms with van der Waals surface area (Å²) in [5.41, 5.74) is 0. The predicted octanol–water partition coefficient (Wildman–Crippen LogP) is 2.76. The number of halogens is 3. The van der Waals surface area contributed by atoms with Crippen LogP contribution in [0, 0.1) is 18.8 Å². The van der Waals surface area contributed by atoms with E-state index in [1.807, 2.05) is 0 Å². The number of rotatable bonds is 0. The predicted molar refractivity (Wildman–Crippen MR) is 32.0 cm³/mol. The fourth-order valence-corrected chi connectivity index (χ4v) is 1.08. The van der Waals surface area contributed by atoms with E-state index in [-0.39, 0.29) is 6.42 Å². The SMILES string of the molecule is FC(F)(F)C1[CH]CC[CH]C1. The molecule has 0 aliphatic heterocycles. The van der Waals surface area contributed by atoms with Gasteiger partial charge in [0, 0.05) is 0 Å². The molecule has 1 aliphatic rings. The van der Waals surface area contributed by atoms with Crippen LogP contribution in [0.3, 0.4) is 0 Å². The van der Waals surface area contributed by atoms with Crippen LogP contribution < -0.4 is 0 Å². The Kier molecular flexibility index (Phi) is 2.21. The van der Waals surface area contributed by atoms with Crippen LogP contribution in [0.15, 0.2) is 0 Å². The molecule has 3 heteroatoms. The Morgan fingerprint density at radius 3 is 2.20 bits per heavy atom. The van der Waals surface area contributed by atoms with E-state index in [0.717, 1.165) is 6.42 Å². The normalized spacial score (nSPS) is 23.1. The molecule has 0 aromatic heterocycles. The van der Waals surface area contributed by atoms with E-state index in [2.05, 4.69) is 0 Å². The Morgan fingerprint density at radius 2 is 1.90 bits per heavy atom. The average Bonchev–Trinajstić information content (AvgIpc) is 1.88. The molecule has 1 unspecified atom stereocenters. The van der Waals surface area contributed by atoms with Gasteiger partial charge in [0.15, 0.2) is 0 Å². The molecule has 1 fully saturated rings. The van der Waals surface area contributed by atoms with Crippen LogP contribution in [-0.4, -0.2) is 6.18 Å². The Bertz CT molecular complexity index is 99.9. The fraction of sp³-hybridized carbons (Fsp3) is 0.714. The molecule has 0 amide bonds. The summed E-state index contributed by atoms with van der Waals surface area (Å²) in [6.07, 6.45) is 0.593. The molecule has 0 aromatic carbocycles. The minimum Gasteiger partial charge on any atom is -0.171 e. The molecule has 10 heavy (non-hydrogen) atoms. The van der Waals surface area contributed by atoms with Crippen LogP contribution in [0.5, 0.6) is 0 Å². The zero-order valence-corrected chi connectivity index (χ0v) is 5.49. The first kappa shape index (κ1) is 7.89. The highest BCUT2D eigenvalue weighted by molar-refractivity contribution is 4.92. The molecule has 0 nitrogen and oxygen atoms in total. The molecule has 2 radical (unpaired) electrons. The monoisotopic (exact) mass is 150 g/mol. The molecule has 0 spiro atoms. The first-order chi connectivity index (χ1) is 4.61. The van der Waals surface area contributed by atoms with Crippen LogP contribution in [0.2, 0.25) is 0 Å².